The molecule has 0 spiro atoms. The molecule has 0 rings (SSSR count). The van der Waals surface area contributed by atoms with Crippen molar-refractivity contribution in [3.05, 3.63) is 12.2 Å². The Morgan fingerprint density at radius 3 is 2.31 bits per heavy atom. The predicted octanol–water partition coefficient (Wildman–Crippen LogP) is 2.08. The van der Waals surface area contributed by atoms with Crippen LogP contribution in [0, 0.1) is 5.92 Å². The Hall–Kier alpha value is -1.32. The molecular formula is C12H20O4. The average molecular weight is 228 g/mol. The molecule has 0 aromatic rings. The Kier molecular flexibility index (Phi) is 5.78. The fraction of sp³-hybridized carbons (Fsp3) is 0.667. The monoisotopic (exact) mass is 228 g/mol. The number of allylic oxidation sites excluding steroid dienone is 1. The molecule has 0 heterocycles. The topological polar surface area (TPSA) is 52.6 Å². The van der Waals surface area contributed by atoms with Crippen LogP contribution >= 0.6 is 0 Å². The average Bonchev–Trinajstić information content (AvgIpc) is 2.10. The van der Waals surface area contributed by atoms with Gasteiger partial charge in [0, 0.05) is 6.08 Å². The smallest absolute Gasteiger partial charge is 0.330 e. The molecule has 0 bridgehead atoms. The van der Waals surface area contributed by atoms with E-state index in [1.165, 1.54) is 13.2 Å². The zero-order valence-corrected chi connectivity index (χ0v) is 10.6. The van der Waals surface area contributed by atoms with Crippen LogP contribution in [-0.4, -0.2) is 24.6 Å². The standard InChI is InChI=1S/C12H20O4/c1-9(6-7-10(13)15-5)8-11(14)16-12(2,3)4/h6-7,9H,8H2,1-5H3/b7-6+/t9-/m0/s1. The van der Waals surface area contributed by atoms with Gasteiger partial charge in [0.05, 0.1) is 13.5 Å². The Bertz CT molecular complexity index is 273. The summed E-state index contributed by atoms with van der Waals surface area (Å²) in [4.78, 5) is 22.2. The van der Waals surface area contributed by atoms with Gasteiger partial charge in [0.25, 0.3) is 0 Å². The van der Waals surface area contributed by atoms with Crippen molar-refractivity contribution in [2.75, 3.05) is 7.11 Å². The molecule has 0 saturated heterocycles. The number of carbonyl (C=O) groups is 2. The third-order valence-electron chi connectivity index (χ3n) is 1.67. The number of rotatable bonds is 4. The summed E-state index contributed by atoms with van der Waals surface area (Å²) in [5.74, 6) is -0.737. The van der Waals surface area contributed by atoms with Crippen molar-refractivity contribution < 1.29 is 19.1 Å². The van der Waals surface area contributed by atoms with Gasteiger partial charge in [-0.3, -0.25) is 4.79 Å². The number of carbonyl (C=O) groups excluding carboxylic acids is 2. The van der Waals surface area contributed by atoms with Gasteiger partial charge in [-0.25, -0.2) is 4.79 Å². The SMILES string of the molecule is COC(=O)/C=C/[C@H](C)CC(=O)OC(C)(C)C. The molecule has 4 nitrogen and oxygen atoms in total. The molecule has 92 valence electrons. The molecule has 0 radical (unpaired) electrons. The van der Waals surface area contributed by atoms with Crippen molar-refractivity contribution in [3.8, 4) is 0 Å². The minimum atomic E-state index is -0.469. The molecule has 0 aromatic heterocycles. The maximum atomic E-state index is 11.4. The third-order valence-corrected chi connectivity index (χ3v) is 1.67. The first-order valence-corrected chi connectivity index (χ1v) is 5.22. The summed E-state index contributed by atoms with van der Waals surface area (Å²) in [7, 11) is 1.31. The van der Waals surface area contributed by atoms with Crippen molar-refractivity contribution in [2.45, 2.75) is 39.7 Å². The summed E-state index contributed by atoms with van der Waals surface area (Å²) in [6.45, 7) is 7.29. The van der Waals surface area contributed by atoms with Gasteiger partial charge in [0.1, 0.15) is 5.60 Å². The maximum Gasteiger partial charge on any atom is 0.330 e. The van der Waals surface area contributed by atoms with E-state index in [9.17, 15) is 9.59 Å². The van der Waals surface area contributed by atoms with E-state index in [0.717, 1.165) is 0 Å². The molecular weight excluding hydrogens is 208 g/mol. The van der Waals surface area contributed by atoms with Crippen LogP contribution in [0.1, 0.15) is 34.1 Å². The highest BCUT2D eigenvalue weighted by molar-refractivity contribution is 5.81. The minimum absolute atomic E-state index is 0.0473. The van der Waals surface area contributed by atoms with Gasteiger partial charge in [-0.05, 0) is 26.7 Å². The van der Waals surface area contributed by atoms with Gasteiger partial charge < -0.3 is 9.47 Å². The predicted molar refractivity (Wildman–Crippen MR) is 60.8 cm³/mol. The van der Waals surface area contributed by atoms with Crippen molar-refractivity contribution in [2.24, 2.45) is 5.92 Å². The third kappa shape index (κ3) is 8.03. The van der Waals surface area contributed by atoms with Crippen LogP contribution in [0.3, 0.4) is 0 Å². The molecule has 16 heavy (non-hydrogen) atoms. The molecule has 0 saturated carbocycles. The molecule has 0 aliphatic carbocycles. The highest BCUT2D eigenvalue weighted by Gasteiger charge is 2.17. The largest absolute Gasteiger partial charge is 0.466 e. The van der Waals surface area contributed by atoms with E-state index < -0.39 is 11.6 Å². The second-order valence-electron chi connectivity index (χ2n) is 4.65. The van der Waals surface area contributed by atoms with Crippen molar-refractivity contribution in [1.29, 1.82) is 0 Å². The van der Waals surface area contributed by atoms with Crippen LogP contribution in [0.15, 0.2) is 12.2 Å². The molecule has 0 fully saturated rings. The Labute approximate surface area is 96.6 Å². The van der Waals surface area contributed by atoms with E-state index in [2.05, 4.69) is 4.74 Å². The van der Waals surface area contributed by atoms with Crippen molar-refractivity contribution in [3.63, 3.8) is 0 Å². The lowest BCUT2D eigenvalue weighted by molar-refractivity contribution is -0.155. The summed E-state index contributed by atoms with van der Waals surface area (Å²) >= 11 is 0. The first-order valence-electron chi connectivity index (χ1n) is 5.22. The lowest BCUT2D eigenvalue weighted by Gasteiger charge is -2.20. The molecule has 4 heteroatoms. The van der Waals surface area contributed by atoms with Gasteiger partial charge in [0.2, 0.25) is 0 Å². The normalized spacial score (nSPS) is 13.6. The molecule has 0 aliphatic rings. The van der Waals surface area contributed by atoms with Gasteiger partial charge in [0.15, 0.2) is 0 Å². The van der Waals surface area contributed by atoms with Crippen LogP contribution in [0.4, 0.5) is 0 Å². The second-order valence-corrected chi connectivity index (χ2v) is 4.65. The quantitative estimate of drug-likeness (QED) is 0.546. The number of hydrogen-bond acceptors (Lipinski definition) is 4. The summed E-state index contributed by atoms with van der Waals surface area (Å²) < 4.78 is 9.60. The molecule has 0 amide bonds. The van der Waals surface area contributed by atoms with E-state index in [0.29, 0.717) is 0 Å². The van der Waals surface area contributed by atoms with E-state index >= 15 is 0 Å². The van der Waals surface area contributed by atoms with Gasteiger partial charge >= 0.3 is 11.9 Å². The van der Waals surface area contributed by atoms with Gasteiger partial charge in [-0.1, -0.05) is 13.0 Å². The van der Waals surface area contributed by atoms with Crippen LogP contribution in [0.2, 0.25) is 0 Å². The second kappa shape index (κ2) is 6.30. The Morgan fingerprint density at radius 2 is 1.88 bits per heavy atom. The summed E-state index contributed by atoms with van der Waals surface area (Å²) in [6, 6.07) is 0. The summed E-state index contributed by atoms with van der Waals surface area (Å²) in [5, 5.41) is 0. The highest BCUT2D eigenvalue weighted by atomic mass is 16.6. The highest BCUT2D eigenvalue weighted by Crippen LogP contribution is 2.12. The van der Waals surface area contributed by atoms with Crippen molar-refractivity contribution >= 4 is 11.9 Å². The van der Waals surface area contributed by atoms with Crippen LogP contribution in [0.25, 0.3) is 0 Å². The van der Waals surface area contributed by atoms with E-state index in [4.69, 9.17) is 4.74 Å². The zero-order valence-electron chi connectivity index (χ0n) is 10.6. The van der Waals surface area contributed by atoms with Crippen LogP contribution in [0.5, 0.6) is 0 Å². The lowest BCUT2D eigenvalue weighted by Crippen LogP contribution is -2.24. The fourth-order valence-electron chi connectivity index (χ4n) is 1.02. The lowest BCUT2D eigenvalue weighted by atomic mass is 10.1. The van der Waals surface area contributed by atoms with Gasteiger partial charge in [-0.15, -0.1) is 0 Å². The summed E-state index contributed by atoms with van der Waals surface area (Å²) in [5.41, 5.74) is -0.469. The molecule has 0 N–H and O–H groups in total. The molecule has 0 aliphatic heterocycles. The van der Waals surface area contributed by atoms with Crippen LogP contribution < -0.4 is 0 Å². The van der Waals surface area contributed by atoms with E-state index in [-0.39, 0.29) is 18.3 Å². The molecule has 1 atom stereocenters. The van der Waals surface area contributed by atoms with Gasteiger partial charge in [-0.2, -0.15) is 0 Å². The molecule has 0 unspecified atom stereocenters. The Balaban J connectivity index is 4.06. The summed E-state index contributed by atoms with van der Waals surface area (Å²) in [6.07, 6.45) is 3.20. The number of hydrogen-bond donors (Lipinski definition) is 0. The maximum absolute atomic E-state index is 11.4. The van der Waals surface area contributed by atoms with E-state index in [1.54, 1.807) is 6.08 Å². The Morgan fingerprint density at radius 1 is 1.31 bits per heavy atom. The minimum Gasteiger partial charge on any atom is -0.466 e. The number of esters is 2. The van der Waals surface area contributed by atoms with Crippen molar-refractivity contribution in [1.82, 2.24) is 0 Å². The number of methoxy groups -OCH3 is 1. The fourth-order valence-corrected chi connectivity index (χ4v) is 1.02. The van der Waals surface area contributed by atoms with E-state index in [1.807, 2.05) is 27.7 Å². The first kappa shape index (κ1) is 14.7. The molecule has 0 aromatic carbocycles. The zero-order chi connectivity index (χ0) is 12.8. The van der Waals surface area contributed by atoms with Crippen LogP contribution in [-0.2, 0) is 19.1 Å². The number of ether oxygens (including phenoxy) is 2. The first-order chi connectivity index (χ1) is 7.24.